The highest BCUT2D eigenvalue weighted by molar-refractivity contribution is 8.13. The maximum Gasteiger partial charge on any atom is 0.308 e. The minimum atomic E-state index is -0.0847. The molecule has 1 aliphatic rings. The van der Waals surface area contributed by atoms with E-state index >= 15 is 0 Å². The van der Waals surface area contributed by atoms with Gasteiger partial charge in [-0.15, -0.1) is 0 Å². The van der Waals surface area contributed by atoms with E-state index < -0.39 is 0 Å². The van der Waals surface area contributed by atoms with Crippen molar-refractivity contribution in [3.05, 3.63) is 0 Å². The van der Waals surface area contributed by atoms with Gasteiger partial charge in [0.25, 0.3) is 5.24 Å². The number of ether oxygens (including phenoxy) is 1. The Morgan fingerprint density at radius 1 is 1.14 bits per heavy atom. The van der Waals surface area contributed by atoms with Crippen LogP contribution in [0, 0.1) is 11.8 Å². The second kappa shape index (κ2) is 10.5. The Morgan fingerprint density at radius 2 is 1.82 bits per heavy atom. The third-order valence-corrected chi connectivity index (χ3v) is 4.53. The van der Waals surface area contributed by atoms with Gasteiger partial charge < -0.3 is 15.4 Å². The number of thioether (sulfide) groups is 1. The zero-order valence-corrected chi connectivity index (χ0v) is 14.2. The fourth-order valence-corrected chi connectivity index (χ4v) is 3.09. The van der Waals surface area contributed by atoms with Crippen LogP contribution in [0.4, 0.5) is 4.79 Å². The van der Waals surface area contributed by atoms with E-state index in [-0.39, 0.29) is 23.0 Å². The highest BCUT2D eigenvalue weighted by atomic mass is 32.2. The maximum absolute atomic E-state index is 11.7. The summed E-state index contributed by atoms with van der Waals surface area (Å²) >= 11 is 1.18. The van der Waals surface area contributed by atoms with Crippen LogP contribution in [0.5, 0.6) is 0 Å². The molecule has 0 spiro atoms. The number of carbonyl (C=O) groups excluding carboxylic acids is 3. The maximum atomic E-state index is 11.7. The van der Waals surface area contributed by atoms with Crippen LogP contribution in [0.1, 0.15) is 39.5 Å². The number of carbonyl (C=O) groups is 3. The Morgan fingerprint density at radius 3 is 2.41 bits per heavy atom. The van der Waals surface area contributed by atoms with Gasteiger partial charge in [0.15, 0.2) is 0 Å². The second-order valence-corrected chi connectivity index (χ2v) is 6.54. The van der Waals surface area contributed by atoms with Crippen LogP contribution in [-0.2, 0) is 14.3 Å². The summed E-state index contributed by atoms with van der Waals surface area (Å²) in [5.74, 6) is 0.864. The van der Waals surface area contributed by atoms with E-state index in [1.807, 2.05) is 6.92 Å². The van der Waals surface area contributed by atoms with Gasteiger partial charge in [-0.25, -0.2) is 0 Å². The molecule has 0 heterocycles. The van der Waals surface area contributed by atoms with Crippen molar-refractivity contribution in [1.29, 1.82) is 0 Å². The summed E-state index contributed by atoms with van der Waals surface area (Å²) in [7, 11) is 0. The average Bonchev–Trinajstić information content (AvgIpc) is 2.50. The van der Waals surface area contributed by atoms with Gasteiger partial charge in [-0.05, 0) is 38.5 Å². The molecule has 22 heavy (non-hydrogen) atoms. The number of hydrogen-bond acceptors (Lipinski definition) is 5. The first-order valence-corrected chi connectivity index (χ1v) is 8.83. The van der Waals surface area contributed by atoms with E-state index in [0.717, 1.165) is 25.7 Å². The Bertz CT molecular complexity index is 382. The molecule has 0 aromatic rings. The molecule has 6 nitrogen and oxygen atoms in total. The van der Waals surface area contributed by atoms with Crippen molar-refractivity contribution in [3.8, 4) is 0 Å². The largest absolute Gasteiger partial charge is 0.466 e. The summed E-state index contributed by atoms with van der Waals surface area (Å²) in [5, 5.41) is 5.50. The zero-order chi connectivity index (χ0) is 16.4. The van der Waals surface area contributed by atoms with Gasteiger partial charge in [0.2, 0.25) is 5.91 Å². The molecule has 0 aromatic heterocycles. The highest BCUT2D eigenvalue weighted by Crippen LogP contribution is 2.29. The van der Waals surface area contributed by atoms with Crippen molar-refractivity contribution in [1.82, 2.24) is 10.6 Å². The van der Waals surface area contributed by atoms with Gasteiger partial charge in [-0.3, -0.25) is 14.4 Å². The molecule has 0 bridgehead atoms. The van der Waals surface area contributed by atoms with E-state index in [1.165, 1.54) is 18.7 Å². The predicted octanol–water partition coefficient (Wildman–Crippen LogP) is 1.93. The molecule has 0 saturated heterocycles. The van der Waals surface area contributed by atoms with Crippen LogP contribution < -0.4 is 10.6 Å². The lowest BCUT2D eigenvalue weighted by atomic mass is 9.82. The van der Waals surface area contributed by atoms with E-state index in [2.05, 4.69) is 10.6 Å². The summed E-state index contributed by atoms with van der Waals surface area (Å²) < 4.78 is 5.04. The van der Waals surface area contributed by atoms with Gasteiger partial charge >= 0.3 is 5.97 Å². The van der Waals surface area contributed by atoms with Crippen LogP contribution in [-0.4, -0.2) is 42.6 Å². The normalized spacial score (nSPS) is 21.0. The summed E-state index contributed by atoms with van der Waals surface area (Å²) in [6.07, 6.45) is 3.57. The molecule has 0 radical (unpaired) electrons. The van der Waals surface area contributed by atoms with E-state index in [4.69, 9.17) is 4.74 Å². The number of nitrogens with one attached hydrogen (secondary N) is 2. The molecule has 126 valence electrons. The van der Waals surface area contributed by atoms with Crippen molar-refractivity contribution in [2.75, 3.05) is 25.4 Å². The van der Waals surface area contributed by atoms with Crippen LogP contribution in [0.25, 0.3) is 0 Å². The van der Waals surface area contributed by atoms with Gasteiger partial charge in [0.1, 0.15) is 0 Å². The molecule has 1 rings (SSSR count). The lowest BCUT2D eigenvalue weighted by molar-refractivity contribution is -0.149. The summed E-state index contributed by atoms with van der Waals surface area (Å²) in [6, 6.07) is 0. The van der Waals surface area contributed by atoms with Crippen LogP contribution in [0.15, 0.2) is 0 Å². The minimum absolute atomic E-state index is 0.0268. The number of hydrogen-bond donors (Lipinski definition) is 2. The first kappa shape index (κ1) is 18.8. The van der Waals surface area contributed by atoms with Crippen molar-refractivity contribution >= 4 is 28.9 Å². The van der Waals surface area contributed by atoms with Crippen molar-refractivity contribution < 1.29 is 19.1 Å². The van der Waals surface area contributed by atoms with Gasteiger partial charge in [0, 0.05) is 25.8 Å². The third-order valence-electron chi connectivity index (χ3n) is 3.71. The fraction of sp³-hybridized carbons (Fsp3) is 0.800. The summed E-state index contributed by atoms with van der Waals surface area (Å²) in [6.45, 7) is 4.87. The predicted molar refractivity (Wildman–Crippen MR) is 86.6 cm³/mol. The summed E-state index contributed by atoms with van der Waals surface area (Å²) in [5.41, 5.74) is 0. The summed E-state index contributed by atoms with van der Waals surface area (Å²) in [4.78, 5) is 34.0. The van der Waals surface area contributed by atoms with Gasteiger partial charge in [0.05, 0.1) is 12.5 Å². The first-order chi connectivity index (χ1) is 10.5. The average molecular weight is 330 g/mol. The molecule has 7 heteroatoms. The minimum Gasteiger partial charge on any atom is -0.466 e. The number of amides is 2. The van der Waals surface area contributed by atoms with Crippen molar-refractivity contribution in [2.24, 2.45) is 11.8 Å². The molecule has 0 aromatic carbocycles. The number of esters is 1. The SMILES string of the molecule is CCOC(=O)C1CCC(CNC(=O)SCCNC(C)=O)CC1. The number of rotatable bonds is 7. The standard InChI is InChI=1S/C15H26N2O4S/c1-3-21-14(19)13-6-4-12(5-7-13)10-17-15(20)22-9-8-16-11(2)18/h12-13H,3-10H2,1-2H3,(H,16,18)(H,17,20). The van der Waals surface area contributed by atoms with Crippen molar-refractivity contribution in [2.45, 2.75) is 39.5 Å². The van der Waals surface area contributed by atoms with Crippen molar-refractivity contribution in [3.63, 3.8) is 0 Å². The molecule has 0 aliphatic heterocycles. The highest BCUT2D eigenvalue weighted by Gasteiger charge is 2.27. The molecular weight excluding hydrogens is 304 g/mol. The second-order valence-electron chi connectivity index (χ2n) is 5.47. The smallest absolute Gasteiger partial charge is 0.308 e. The lowest BCUT2D eigenvalue weighted by Gasteiger charge is -2.27. The molecule has 0 atom stereocenters. The van der Waals surface area contributed by atoms with Gasteiger partial charge in [-0.1, -0.05) is 11.8 Å². The molecular formula is C15H26N2O4S. The van der Waals surface area contributed by atoms with Crippen LogP contribution in [0.2, 0.25) is 0 Å². The zero-order valence-electron chi connectivity index (χ0n) is 13.4. The molecule has 1 fully saturated rings. The molecule has 2 N–H and O–H groups in total. The first-order valence-electron chi connectivity index (χ1n) is 7.84. The van der Waals surface area contributed by atoms with E-state index in [1.54, 1.807) is 0 Å². The van der Waals surface area contributed by atoms with Crippen LogP contribution in [0.3, 0.4) is 0 Å². The quantitative estimate of drug-likeness (QED) is 0.550. The third kappa shape index (κ3) is 7.68. The van der Waals surface area contributed by atoms with Gasteiger partial charge in [-0.2, -0.15) is 0 Å². The Kier molecular flexibility index (Phi) is 8.96. The Balaban J connectivity index is 2.10. The van der Waals surface area contributed by atoms with Crippen LogP contribution >= 0.6 is 11.8 Å². The van der Waals surface area contributed by atoms with E-state index in [9.17, 15) is 14.4 Å². The molecule has 0 unspecified atom stereocenters. The molecule has 2 amide bonds. The molecule has 1 aliphatic carbocycles. The van der Waals surface area contributed by atoms with E-state index in [0.29, 0.717) is 31.4 Å². The monoisotopic (exact) mass is 330 g/mol. The Labute approximate surface area is 136 Å². The lowest BCUT2D eigenvalue weighted by Crippen LogP contribution is -2.31. The molecule has 1 saturated carbocycles. The fourth-order valence-electron chi connectivity index (χ4n) is 2.51. The topological polar surface area (TPSA) is 84.5 Å². The Hall–Kier alpha value is -1.24.